The van der Waals surface area contributed by atoms with Crippen molar-refractivity contribution in [1.82, 2.24) is 4.57 Å². The van der Waals surface area contributed by atoms with E-state index in [4.69, 9.17) is 5.26 Å². The number of carbonyl (C=O) groups excluding carboxylic acids is 1. The molecule has 3 rings (SSSR count). The molecule has 4 nitrogen and oxygen atoms in total. The molecule has 100 valence electrons. The maximum atomic E-state index is 11.9. The molecular formula is C16H15N3O. The van der Waals surface area contributed by atoms with Crippen LogP contribution in [0.3, 0.4) is 0 Å². The van der Waals surface area contributed by atoms with Crippen LogP contribution in [0.2, 0.25) is 0 Å². The number of hydrogen-bond acceptors (Lipinski definition) is 2. The molecule has 0 spiro atoms. The van der Waals surface area contributed by atoms with E-state index in [0.29, 0.717) is 5.69 Å². The number of amides is 1. The lowest BCUT2D eigenvalue weighted by Crippen LogP contribution is -2.10. The zero-order valence-electron chi connectivity index (χ0n) is 11.5. The lowest BCUT2D eigenvalue weighted by molar-refractivity contribution is -0.117. The second-order valence-electron chi connectivity index (χ2n) is 5.03. The van der Waals surface area contributed by atoms with Gasteiger partial charge < -0.3 is 9.88 Å². The molecule has 1 aromatic carbocycles. The summed E-state index contributed by atoms with van der Waals surface area (Å²) in [6.07, 6.45) is 0.791. The van der Waals surface area contributed by atoms with Crippen molar-refractivity contribution >= 4 is 11.6 Å². The van der Waals surface area contributed by atoms with Crippen LogP contribution in [-0.2, 0) is 11.8 Å². The smallest absolute Gasteiger partial charge is 0.231 e. The predicted molar refractivity (Wildman–Crippen MR) is 77.2 cm³/mol. The topological polar surface area (TPSA) is 57.8 Å². The summed E-state index contributed by atoms with van der Waals surface area (Å²) in [5.41, 5.74) is 4.60. The molecule has 4 heteroatoms. The van der Waals surface area contributed by atoms with Crippen molar-refractivity contribution in [2.45, 2.75) is 19.3 Å². The normalized spacial score (nSPS) is 16.6. The van der Waals surface area contributed by atoms with Crippen LogP contribution in [0.1, 0.15) is 30.5 Å². The first-order valence-corrected chi connectivity index (χ1v) is 6.66. The van der Waals surface area contributed by atoms with Crippen molar-refractivity contribution in [2.75, 3.05) is 5.32 Å². The van der Waals surface area contributed by atoms with E-state index in [9.17, 15) is 4.79 Å². The average Bonchev–Trinajstić information content (AvgIpc) is 2.97. The zero-order chi connectivity index (χ0) is 14.3. The quantitative estimate of drug-likeness (QED) is 0.907. The highest BCUT2D eigenvalue weighted by atomic mass is 16.2. The number of carbonyl (C=O) groups is 1. The molecular weight excluding hydrogens is 250 g/mol. The van der Waals surface area contributed by atoms with Crippen LogP contribution in [0.5, 0.6) is 0 Å². The Morgan fingerprint density at radius 3 is 2.80 bits per heavy atom. The number of nitriles is 1. The zero-order valence-corrected chi connectivity index (χ0v) is 11.5. The Morgan fingerprint density at radius 1 is 1.35 bits per heavy atom. The largest absolute Gasteiger partial charge is 0.335 e. The summed E-state index contributed by atoms with van der Waals surface area (Å²) in [5, 5.41) is 11.9. The molecule has 1 aliphatic rings. The molecule has 0 bridgehead atoms. The average molecular weight is 265 g/mol. The van der Waals surface area contributed by atoms with E-state index in [0.717, 1.165) is 28.9 Å². The molecule has 1 N–H and O–H groups in total. The molecule has 1 aromatic heterocycles. The number of nitrogens with one attached hydrogen (secondary N) is 1. The molecule has 1 aliphatic heterocycles. The first-order valence-electron chi connectivity index (χ1n) is 6.66. The van der Waals surface area contributed by atoms with Crippen molar-refractivity contribution in [3.63, 3.8) is 0 Å². The minimum absolute atomic E-state index is 0.0688. The van der Waals surface area contributed by atoms with Gasteiger partial charge in [0.25, 0.3) is 0 Å². The number of aromatic nitrogens is 1. The van der Waals surface area contributed by atoms with Gasteiger partial charge in [-0.05, 0) is 41.8 Å². The van der Waals surface area contributed by atoms with E-state index in [2.05, 4.69) is 17.5 Å². The summed E-state index contributed by atoms with van der Waals surface area (Å²) in [5.74, 6) is 0.00454. The number of rotatable bonds is 2. The summed E-state index contributed by atoms with van der Waals surface area (Å²) in [7, 11) is 1.88. The lowest BCUT2D eigenvalue weighted by Gasteiger charge is -2.09. The lowest BCUT2D eigenvalue weighted by atomic mass is 9.96. The molecule has 1 atom stereocenters. The molecule has 20 heavy (non-hydrogen) atoms. The van der Waals surface area contributed by atoms with Gasteiger partial charge in [0.05, 0.1) is 5.92 Å². The third-order valence-corrected chi connectivity index (χ3v) is 3.94. The Bertz CT molecular complexity index is 737. The van der Waals surface area contributed by atoms with E-state index in [1.807, 2.05) is 42.8 Å². The first-order chi connectivity index (χ1) is 9.65. The molecule has 0 radical (unpaired) electrons. The Hall–Kier alpha value is -2.54. The summed E-state index contributed by atoms with van der Waals surface area (Å²) in [4.78, 5) is 11.9. The van der Waals surface area contributed by atoms with E-state index in [1.54, 1.807) is 0 Å². The maximum Gasteiger partial charge on any atom is 0.231 e. The highest BCUT2D eigenvalue weighted by Crippen LogP contribution is 2.37. The molecule has 2 heterocycles. The van der Waals surface area contributed by atoms with Crippen LogP contribution in [0.25, 0.3) is 11.3 Å². The van der Waals surface area contributed by atoms with Gasteiger partial charge in [-0.3, -0.25) is 4.79 Å². The highest BCUT2D eigenvalue weighted by Gasteiger charge is 2.29. The van der Waals surface area contributed by atoms with Gasteiger partial charge in [0.15, 0.2) is 0 Å². The van der Waals surface area contributed by atoms with Gasteiger partial charge in [0, 0.05) is 18.4 Å². The molecule has 2 aromatic rings. The van der Waals surface area contributed by atoms with Crippen molar-refractivity contribution in [3.8, 4) is 17.3 Å². The molecule has 0 saturated heterocycles. The second kappa shape index (κ2) is 4.53. The molecule has 1 amide bonds. The number of fused-ring (bicyclic) bond motifs is 1. The van der Waals surface area contributed by atoms with Gasteiger partial charge in [0.1, 0.15) is 11.8 Å². The molecule has 0 unspecified atom stereocenters. The number of nitrogens with zero attached hydrogens (tertiary/aromatic N) is 2. The Kier molecular flexibility index (Phi) is 2.83. The van der Waals surface area contributed by atoms with Crippen molar-refractivity contribution in [3.05, 3.63) is 41.6 Å². The fourth-order valence-corrected chi connectivity index (χ4v) is 2.80. The third kappa shape index (κ3) is 1.71. The monoisotopic (exact) mass is 265 g/mol. The van der Waals surface area contributed by atoms with Crippen molar-refractivity contribution in [1.29, 1.82) is 5.26 Å². The predicted octanol–water partition coefficient (Wildman–Crippen LogP) is 3.01. The van der Waals surface area contributed by atoms with Crippen LogP contribution in [-0.4, -0.2) is 10.5 Å². The van der Waals surface area contributed by atoms with E-state index in [1.165, 1.54) is 0 Å². The van der Waals surface area contributed by atoms with Crippen LogP contribution in [0.15, 0.2) is 30.3 Å². The Morgan fingerprint density at radius 2 is 2.15 bits per heavy atom. The Balaban J connectivity index is 2.10. The second-order valence-corrected chi connectivity index (χ2v) is 5.03. The Labute approximate surface area is 117 Å². The van der Waals surface area contributed by atoms with E-state index >= 15 is 0 Å². The van der Waals surface area contributed by atoms with E-state index in [-0.39, 0.29) is 11.8 Å². The van der Waals surface area contributed by atoms with Crippen molar-refractivity contribution < 1.29 is 4.79 Å². The first kappa shape index (κ1) is 12.5. The van der Waals surface area contributed by atoms with Gasteiger partial charge in [-0.2, -0.15) is 5.26 Å². The molecule has 0 saturated carbocycles. The van der Waals surface area contributed by atoms with Crippen LogP contribution in [0.4, 0.5) is 5.69 Å². The third-order valence-electron chi connectivity index (χ3n) is 3.94. The summed E-state index contributed by atoms with van der Waals surface area (Å²) in [6.45, 7) is 2.02. The standard InChI is InChI=1S/C16H15N3O/c1-3-12-13-8-10(4-6-14(13)18-16(12)20)15-7-5-11(9-17)19(15)2/h4-8,12H,3H2,1-2H3,(H,18,20)/t12-/m1/s1. The van der Waals surface area contributed by atoms with E-state index < -0.39 is 0 Å². The van der Waals surface area contributed by atoms with Crippen LogP contribution >= 0.6 is 0 Å². The fraction of sp³-hybridized carbons (Fsp3) is 0.250. The molecule has 0 fully saturated rings. The minimum Gasteiger partial charge on any atom is -0.335 e. The number of hydrogen-bond donors (Lipinski definition) is 1. The van der Waals surface area contributed by atoms with Gasteiger partial charge in [-0.15, -0.1) is 0 Å². The number of benzene rings is 1. The number of anilines is 1. The van der Waals surface area contributed by atoms with Gasteiger partial charge in [-0.25, -0.2) is 0 Å². The van der Waals surface area contributed by atoms with Gasteiger partial charge in [0.2, 0.25) is 5.91 Å². The summed E-state index contributed by atoms with van der Waals surface area (Å²) in [6, 6.07) is 11.9. The summed E-state index contributed by atoms with van der Waals surface area (Å²) < 4.78 is 1.87. The van der Waals surface area contributed by atoms with Gasteiger partial charge in [-0.1, -0.05) is 13.0 Å². The van der Waals surface area contributed by atoms with Crippen LogP contribution < -0.4 is 5.32 Å². The van der Waals surface area contributed by atoms with Gasteiger partial charge >= 0.3 is 0 Å². The summed E-state index contributed by atoms with van der Waals surface area (Å²) >= 11 is 0. The highest BCUT2D eigenvalue weighted by molar-refractivity contribution is 6.03. The minimum atomic E-state index is -0.0688. The fourth-order valence-electron chi connectivity index (χ4n) is 2.80. The van der Waals surface area contributed by atoms with Crippen molar-refractivity contribution in [2.24, 2.45) is 7.05 Å². The molecule has 0 aliphatic carbocycles. The maximum absolute atomic E-state index is 11.9. The SMILES string of the molecule is CC[C@H]1C(=O)Nc2ccc(-c3ccc(C#N)n3C)cc21. The van der Waals surface area contributed by atoms with Crippen LogP contribution in [0, 0.1) is 11.3 Å².